The normalized spacial score (nSPS) is 30.0. The van der Waals surface area contributed by atoms with Crippen molar-refractivity contribution in [3.8, 4) is 0 Å². The Morgan fingerprint density at radius 3 is 0.646 bits per heavy atom. The zero-order chi connectivity index (χ0) is 31.8. The number of fused-ring (bicyclic) bond motifs is 32. The molecule has 0 aliphatic heterocycles. The van der Waals surface area contributed by atoms with Crippen molar-refractivity contribution in [2.45, 2.75) is 73.0 Å². The molecule has 8 aliphatic rings. The van der Waals surface area contributed by atoms with Gasteiger partial charge in [0, 0.05) is 114 Å². The first-order valence-electron chi connectivity index (χ1n) is 17.2. The Morgan fingerprint density at radius 1 is 0.271 bits per heavy atom. The molecule has 8 bridgehead atoms. The largest absolute Gasteiger partial charge is 0.206 e. The topological polar surface area (TPSA) is 0 Å². The smallest absolute Gasteiger partial charge is 0.131 e. The van der Waals surface area contributed by atoms with Crippen molar-refractivity contribution < 1.29 is 26.3 Å². The monoisotopic (exact) mass is 642 g/mol. The summed E-state index contributed by atoms with van der Waals surface area (Å²) < 4.78 is 101. The Labute approximate surface area is 271 Å². The molecule has 0 heterocycles. The molecule has 13 rings (SSSR count). The van der Waals surface area contributed by atoms with Crippen LogP contribution in [-0.2, 0) is 0 Å². The first-order chi connectivity index (χ1) is 23.4. The minimum absolute atomic E-state index is 0.0923. The SMILES string of the molecule is Fc1c2c(c(F)c3c1C1CC3c3c(F)c4c(c(F)c31)C1CC4c3c(F)c4c(c(F)c31)C1CC4c3ccccc31)C1CC2c2ccccc21. The lowest BCUT2D eigenvalue weighted by atomic mass is 9.74. The van der Waals surface area contributed by atoms with Crippen molar-refractivity contribution in [2.24, 2.45) is 0 Å². The van der Waals surface area contributed by atoms with Crippen LogP contribution < -0.4 is 0 Å². The standard InChI is InChI=1S/C42H24F6/c43-37-25-17-9-18(14-6-2-1-5-13(14)17)26(25)38(44)30-22-11-21(29(30)37)33-34(22)42(48)36-24-12-23(35(36)41(33)47)31-32(24)40(46)28-20-10-19(27(28)39(31)45)15-7-3-4-8-16(15)20/h1-8,17-24H,9-12H2. The summed E-state index contributed by atoms with van der Waals surface area (Å²) in [5.41, 5.74) is 6.59. The van der Waals surface area contributed by atoms with Gasteiger partial charge in [-0.25, -0.2) is 26.3 Å². The molecule has 8 atom stereocenters. The van der Waals surface area contributed by atoms with Crippen LogP contribution in [0.25, 0.3) is 0 Å². The van der Waals surface area contributed by atoms with Crippen LogP contribution in [0.1, 0.15) is 162 Å². The van der Waals surface area contributed by atoms with Crippen LogP contribution in [0.15, 0.2) is 48.5 Å². The average molecular weight is 643 g/mol. The third kappa shape index (κ3) is 2.40. The van der Waals surface area contributed by atoms with Crippen molar-refractivity contribution in [1.29, 1.82) is 0 Å². The van der Waals surface area contributed by atoms with Gasteiger partial charge in [0.1, 0.15) is 34.9 Å². The number of rotatable bonds is 0. The van der Waals surface area contributed by atoms with Gasteiger partial charge in [-0.1, -0.05) is 48.5 Å². The van der Waals surface area contributed by atoms with E-state index in [1.165, 1.54) is 0 Å². The summed E-state index contributed by atoms with van der Waals surface area (Å²) in [6.07, 6.45) is 1.59. The lowest BCUT2D eigenvalue weighted by molar-refractivity contribution is 0.520. The van der Waals surface area contributed by atoms with Gasteiger partial charge < -0.3 is 0 Å². The Kier molecular flexibility index (Phi) is 4.15. The fourth-order valence-corrected chi connectivity index (χ4v) is 12.7. The Bertz CT molecular complexity index is 2160. The van der Waals surface area contributed by atoms with Crippen molar-refractivity contribution in [3.05, 3.63) is 172 Å². The molecule has 0 nitrogen and oxygen atoms in total. The number of hydrogen-bond acceptors (Lipinski definition) is 0. The molecule has 0 amide bonds. The molecular weight excluding hydrogens is 618 g/mol. The van der Waals surface area contributed by atoms with E-state index in [0.29, 0.717) is 35.1 Å². The van der Waals surface area contributed by atoms with E-state index in [2.05, 4.69) is 0 Å². The van der Waals surface area contributed by atoms with E-state index in [-0.39, 0.29) is 81.0 Å². The van der Waals surface area contributed by atoms with Gasteiger partial charge in [0.2, 0.25) is 0 Å². The maximum Gasteiger partial charge on any atom is 0.131 e. The summed E-state index contributed by atoms with van der Waals surface area (Å²) in [5.74, 6) is -7.49. The van der Waals surface area contributed by atoms with Gasteiger partial charge in [-0.2, -0.15) is 0 Å². The van der Waals surface area contributed by atoms with Crippen LogP contribution in [0.2, 0.25) is 0 Å². The minimum atomic E-state index is -0.818. The molecule has 8 unspecified atom stereocenters. The second-order valence-electron chi connectivity index (χ2n) is 15.5. The highest BCUT2D eigenvalue weighted by molar-refractivity contribution is 5.73. The zero-order valence-electron chi connectivity index (χ0n) is 25.3. The van der Waals surface area contributed by atoms with E-state index < -0.39 is 58.6 Å². The Balaban J connectivity index is 1.01. The summed E-state index contributed by atoms with van der Waals surface area (Å²) in [7, 11) is 0. The molecule has 0 aromatic heterocycles. The number of benzene rings is 5. The van der Waals surface area contributed by atoms with Crippen LogP contribution in [0, 0.1) is 34.9 Å². The first-order valence-corrected chi connectivity index (χ1v) is 17.2. The Hall–Kier alpha value is -4.32. The first kappa shape index (κ1) is 25.7. The molecule has 6 heteroatoms. The summed E-state index contributed by atoms with van der Waals surface area (Å²) in [4.78, 5) is 0. The third-order valence-electron chi connectivity index (χ3n) is 14.1. The summed E-state index contributed by atoms with van der Waals surface area (Å²) in [6.45, 7) is 0. The summed E-state index contributed by atoms with van der Waals surface area (Å²) >= 11 is 0. The second-order valence-corrected chi connectivity index (χ2v) is 15.5. The van der Waals surface area contributed by atoms with Crippen molar-refractivity contribution in [2.75, 3.05) is 0 Å². The van der Waals surface area contributed by atoms with Crippen molar-refractivity contribution in [1.82, 2.24) is 0 Å². The van der Waals surface area contributed by atoms with Gasteiger partial charge in [0.05, 0.1) is 0 Å². The third-order valence-corrected chi connectivity index (χ3v) is 14.1. The average Bonchev–Trinajstić information content (AvgIpc) is 3.96. The van der Waals surface area contributed by atoms with Gasteiger partial charge in [0.25, 0.3) is 0 Å². The molecule has 0 saturated carbocycles. The highest BCUT2D eigenvalue weighted by Crippen LogP contribution is 2.69. The lowest BCUT2D eigenvalue weighted by Gasteiger charge is -2.31. The Morgan fingerprint density at radius 2 is 0.438 bits per heavy atom. The van der Waals surface area contributed by atoms with Crippen LogP contribution >= 0.6 is 0 Å². The summed E-state index contributed by atoms with van der Waals surface area (Å²) in [5, 5.41) is 0. The fourth-order valence-electron chi connectivity index (χ4n) is 12.7. The van der Waals surface area contributed by atoms with E-state index in [1.807, 2.05) is 48.5 Å². The molecule has 8 aliphatic carbocycles. The van der Waals surface area contributed by atoms with Crippen molar-refractivity contribution >= 4 is 0 Å². The number of halogens is 6. The van der Waals surface area contributed by atoms with Gasteiger partial charge in [-0.15, -0.1) is 0 Å². The maximum atomic E-state index is 17.1. The van der Waals surface area contributed by atoms with E-state index in [9.17, 15) is 0 Å². The summed E-state index contributed by atoms with van der Waals surface area (Å²) in [6, 6.07) is 15.5. The van der Waals surface area contributed by atoms with E-state index in [0.717, 1.165) is 22.3 Å². The molecule has 0 spiro atoms. The van der Waals surface area contributed by atoms with E-state index >= 15 is 26.3 Å². The van der Waals surface area contributed by atoms with Crippen LogP contribution in [-0.4, -0.2) is 0 Å². The molecule has 48 heavy (non-hydrogen) atoms. The molecule has 0 radical (unpaired) electrons. The predicted molar refractivity (Wildman–Crippen MR) is 165 cm³/mol. The highest BCUT2D eigenvalue weighted by atomic mass is 19.1. The van der Waals surface area contributed by atoms with Crippen LogP contribution in [0.5, 0.6) is 0 Å². The van der Waals surface area contributed by atoms with E-state index in [4.69, 9.17) is 0 Å². The maximum absolute atomic E-state index is 17.1. The second kappa shape index (κ2) is 7.77. The molecule has 5 aromatic carbocycles. The van der Waals surface area contributed by atoms with Gasteiger partial charge >= 0.3 is 0 Å². The number of hydrogen-bond donors (Lipinski definition) is 0. The molecule has 0 fully saturated rings. The van der Waals surface area contributed by atoms with Crippen LogP contribution in [0.4, 0.5) is 26.3 Å². The molecular formula is C42H24F6. The molecule has 0 saturated heterocycles. The van der Waals surface area contributed by atoms with Gasteiger partial charge in [0.15, 0.2) is 0 Å². The van der Waals surface area contributed by atoms with Crippen LogP contribution in [0.3, 0.4) is 0 Å². The fraction of sp³-hybridized carbons (Fsp3) is 0.286. The zero-order valence-corrected chi connectivity index (χ0v) is 25.3. The minimum Gasteiger partial charge on any atom is -0.206 e. The molecule has 234 valence electrons. The molecule has 0 N–H and O–H groups in total. The highest BCUT2D eigenvalue weighted by Gasteiger charge is 2.58. The van der Waals surface area contributed by atoms with Gasteiger partial charge in [-0.3, -0.25) is 0 Å². The van der Waals surface area contributed by atoms with E-state index in [1.54, 1.807) is 0 Å². The lowest BCUT2D eigenvalue weighted by Crippen LogP contribution is -2.21. The van der Waals surface area contributed by atoms with Crippen molar-refractivity contribution in [3.63, 3.8) is 0 Å². The molecule has 5 aromatic rings. The van der Waals surface area contributed by atoms with Gasteiger partial charge in [-0.05, 0) is 47.9 Å². The quantitative estimate of drug-likeness (QED) is 0.148. The predicted octanol–water partition coefficient (Wildman–Crippen LogP) is 10.4.